The number of aliphatic imine (C=N–C) groups is 1. The maximum atomic E-state index is 13.1. The molecule has 0 saturated carbocycles. The molecule has 0 heterocycles. The van der Waals surface area contributed by atoms with Gasteiger partial charge in [-0.25, -0.2) is 4.39 Å². The average Bonchev–Trinajstić information content (AvgIpc) is 2.43. The Morgan fingerprint density at radius 1 is 1.29 bits per heavy atom. The number of carbonyl (C=O) groups is 2. The monoisotopic (exact) mass is 359 g/mol. The van der Waals surface area contributed by atoms with E-state index in [1.165, 1.54) is 18.2 Å². The number of halogens is 2. The van der Waals surface area contributed by atoms with Crippen LogP contribution in [0.25, 0.3) is 0 Å². The van der Waals surface area contributed by atoms with Crippen molar-refractivity contribution in [2.24, 2.45) is 10.9 Å². The van der Waals surface area contributed by atoms with Crippen LogP contribution in [0.1, 0.15) is 13.8 Å². The molecule has 0 N–H and O–H groups in total. The van der Waals surface area contributed by atoms with Gasteiger partial charge in [-0.15, -0.1) is 0 Å². The molecular formula is C14H15BrFNO4. The summed E-state index contributed by atoms with van der Waals surface area (Å²) < 4.78 is 22.9. The molecule has 0 saturated heterocycles. The van der Waals surface area contributed by atoms with Gasteiger partial charge in [-0.2, -0.15) is 0 Å². The van der Waals surface area contributed by atoms with Crippen molar-refractivity contribution in [2.45, 2.75) is 13.8 Å². The summed E-state index contributed by atoms with van der Waals surface area (Å²) in [4.78, 5) is 27.4. The number of hydrogen-bond acceptors (Lipinski definition) is 5. The molecule has 0 radical (unpaired) electrons. The summed E-state index contributed by atoms with van der Waals surface area (Å²) in [7, 11) is 0. The summed E-state index contributed by atoms with van der Waals surface area (Å²) in [5.74, 6) is -3.14. The van der Waals surface area contributed by atoms with E-state index in [-0.39, 0.29) is 17.7 Å². The van der Waals surface area contributed by atoms with Crippen LogP contribution in [0.3, 0.4) is 0 Å². The molecule has 5 nitrogen and oxygen atoms in total. The number of ether oxygens (including phenoxy) is 2. The fraction of sp³-hybridized carbons (Fsp3) is 0.357. The third kappa shape index (κ3) is 5.26. The highest BCUT2D eigenvalue weighted by molar-refractivity contribution is 9.10. The van der Waals surface area contributed by atoms with E-state index in [9.17, 15) is 14.0 Å². The van der Waals surface area contributed by atoms with E-state index >= 15 is 0 Å². The van der Waals surface area contributed by atoms with Crippen LogP contribution in [0.2, 0.25) is 0 Å². The van der Waals surface area contributed by atoms with E-state index < -0.39 is 23.7 Å². The molecule has 0 bridgehead atoms. The van der Waals surface area contributed by atoms with Gasteiger partial charge in [0.2, 0.25) is 0 Å². The summed E-state index contributed by atoms with van der Waals surface area (Å²) in [6, 6.07) is 4.07. The third-order valence-corrected chi connectivity index (χ3v) is 2.96. The second-order valence-electron chi connectivity index (χ2n) is 3.86. The molecule has 0 aliphatic rings. The molecule has 21 heavy (non-hydrogen) atoms. The zero-order valence-corrected chi connectivity index (χ0v) is 13.2. The first-order valence-corrected chi connectivity index (χ1v) is 7.11. The second kappa shape index (κ2) is 8.51. The van der Waals surface area contributed by atoms with Crippen molar-refractivity contribution >= 4 is 39.8 Å². The van der Waals surface area contributed by atoms with E-state index in [4.69, 9.17) is 9.47 Å². The maximum Gasteiger partial charge on any atom is 0.325 e. The summed E-state index contributed by atoms with van der Waals surface area (Å²) in [6.07, 6.45) is 1.13. The van der Waals surface area contributed by atoms with Crippen molar-refractivity contribution in [3.8, 4) is 0 Å². The van der Waals surface area contributed by atoms with Crippen LogP contribution in [0.15, 0.2) is 27.7 Å². The predicted molar refractivity (Wildman–Crippen MR) is 79.0 cm³/mol. The molecular weight excluding hydrogens is 345 g/mol. The van der Waals surface area contributed by atoms with Gasteiger partial charge in [0.05, 0.1) is 23.4 Å². The summed E-state index contributed by atoms with van der Waals surface area (Å²) in [6.45, 7) is 3.55. The quantitative estimate of drug-likeness (QED) is 0.444. The van der Waals surface area contributed by atoms with Gasteiger partial charge >= 0.3 is 11.9 Å². The van der Waals surface area contributed by atoms with Crippen LogP contribution in [0.4, 0.5) is 10.1 Å². The van der Waals surface area contributed by atoms with Gasteiger partial charge in [0.25, 0.3) is 0 Å². The minimum absolute atomic E-state index is 0.144. The van der Waals surface area contributed by atoms with Crippen molar-refractivity contribution < 1.29 is 23.5 Å². The largest absolute Gasteiger partial charge is 0.465 e. The van der Waals surface area contributed by atoms with E-state index in [0.717, 1.165) is 6.21 Å². The van der Waals surface area contributed by atoms with Crippen molar-refractivity contribution in [3.63, 3.8) is 0 Å². The Morgan fingerprint density at radius 2 is 1.86 bits per heavy atom. The molecule has 114 valence electrons. The van der Waals surface area contributed by atoms with Crippen LogP contribution in [-0.2, 0) is 19.1 Å². The van der Waals surface area contributed by atoms with Gasteiger partial charge in [-0.3, -0.25) is 14.6 Å². The number of nitrogens with zero attached hydrogens (tertiary/aromatic N) is 1. The Kier molecular flexibility index (Phi) is 7.01. The Morgan fingerprint density at radius 3 is 2.33 bits per heavy atom. The highest BCUT2D eigenvalue weighted by Gasteiger charge is 2.27. The molecule has 0 atom stereocenters. The summed E-state index contributed by atoms with van der Waals surface area (Å²) in [5, 5.41) is 0. The third-order valence-electron chi connectivity index (χ3n) is 2.36. The Balaban J connectivity index is 2.93. The van der Waals surface area contributed by atoms with Crippen molar-refractivity contribution in [2.75, 3.05) is 13.2 Å². The maximum absolute atomic E-state index is 13.1. The first-order chi connectivity index (χ1) is 9.99. The molecule has 7 heteroatoms. The lowest BCUT2D eigenvalue weighted by Gasteiger charge is -2.10. The predicted octanol–water partition coefficient (Wildman–Crippen LogP) is 3.03. The molecule has 1 aromatic carbocycles. The van der Waals surface area contributed by atoms with Crippen molar-refractivity contribution in [1.82, 2.24) is 0 Å². The SMILES string of the molecule is CCOC(=O)C(/C=N/c1ccc(F)c(Br)c1)C(=O)OCC. The first kappa shape index (κ1) is 17.3. The van der Waals surface area contributed by atoms with E-state index in [1.54, 1.807) is 13.8 Å². The minimum Gasteiger partial charge on any atom is -0.465 e. The molecule has 1 aromatic rings. The number of hydrogen-bond donors (Lipinski definition) is 0. The van der Waals surface area contributed by atoms with Crippen LogP contribution in [0.5, 0.6) is 0 Å². The molecule has 0 aliphatic carbocycles. The lowest BCUT2D eigenvalue weighted by atomic mass is 10.1. The van der Waals surface area contributed by atoms with Gasteiger partial charge in [0, 0.05) is 6.21 Å². The molecule has 0 amide bonds. The number of carbonyl (C=O) groups excluding carboxylic acids is 2. The Bertz CT molecular complexity index is 530. The molecule has 0 aliphatic heterocycles. The molecule has 0 spiro atoms. The highest BCUT2D eigenvalue weighted by atomic mass is 79.9. The van der Waals surface area contributed by atoms with Crippen LogP contribution >= 0.6 is 15.9 Å². The lowest BCUT2D eigenvalue weighted by Crippen LogP contribution is -2.29. The molecule has 0 fully saturated rings. The van der Waals surface area contributed by atoms with E-state index in [2.05, 4.69) is 20.9 Å². The van der Waals surface area contributed by atoms with E-state index in [1.807, 2.05) is 0 Å². The van der Waals surface area contributed by atoms with E-state index in [0.29, 0.717) is 5.69 Å². The fourth-order valence-electron chi connectivity index (χ4n) is 1.41. The standard InChI is InChI=1S/C14H15BrFNO4/c1-3-20-13(18)10(14(19)21-4-2)8-17-9-5-6-12(16)11(15)7-9/h5-8,10H,3-4H2,1-2H3/b17-8+. The number of benzene rings is 1. The van der Waals surface area contributed by atoms with Gasteiger partial charge in [0.1, 0.15) is 5.82 Å². The van der Waals surface area contributed by atoms with Crippen LogP contribution in [-0.4, -0.2) is 31.4 Å². The van der Waals surface area contributed by atoms with Crippen molar-refractivity contribution in [3.05, 3.63) is 28.5 Å². The van der Waals surface area contributed by atoms with Gasteiger partial charge < -0.3 is 9.47 Å². The molecule has 0 aromatic heterocycles. The Hall–Kier alpha value is -1.76. The summed E-state index contributed by atoms with van der Waals surface area (Å²) >= 11 is 3.03. The zero-order chi connectivity index (χ0) is 15.8. The molecule has 1 rings (SSSR count). The number of rotatable bonds is 6. The van der Waals surface area contributed by atoms with Crippen LogP contribution in [0, 0.1) is 11.7 Å². The first-order valence-electron chi connectivity index (χ1n) is 6.32. The smallest absolute Gasteiger partial charge is 0.325 e. The van der Waals surface area contributed by atoms with Crippen LogP contribution < -0.4 is 0 Å². The Labute approximate surface area is 130 Å². The molecule has 0 unspecified atom stereocenters. The van der Waals surface area contributed by atoms with Gasteiger partial charge in [-0.1, -0.05) is 0 Å². The fourth-order valence-corrected chi connectivity index (χ4v) is 1.77. The lowest BCUT2D eigenvalue weighted by molar-refractivity contribution is -0.157. The van der Waals surface area contributed by atoms with Gasteiger partial charge in [-0.05, 0) is 48.0 Å². The van der Waals surface area contributed by atoms with Crippen molar-refractivity contribution in [1.29, 1.82) is 0 Å². The topological polar surface area (TPSA) is 65.0 Å². The highest BCUT2D eigenvalue weighted by Crippen LogP contribution is 2.22. The average molecular weight is 360 g/mol. The van der Waals surface area contributed by atoms with Gasteiger partial charge in [0.15, 0.2) is 5.92 Å². The normalized spacial score (nSPS) is 10.9. The zero-order valence-electron chi connectivity index (χ0n) is 11.6. The number of esters is 2. The summed E-state index contributed by atoms with van der Waals surface area (Å²) in [5.41, 5.74) is 0.391. The second-order valence-corrected chi connectivity index (χ2v) is 4.71. The minimum atomic E-state index is -1.24.